The van der Waals surface area contributed by atoms with Crippen molar-refractivity contribution in [3.05, 3.63) is 16.9 Å². The number of hydrogen-bond acceptors (Lipinski definition) is 4. The van der Waals surface area contributed by atoms with E-state index in [1.807, 2.05) is 0 Å². The van der Waals surface area contributed by atoms with Crippen LogP contribution in [0.4, 0.5) is 5.95 Å². The van der Waals surface area contributed by atoms with E-state index < -0.39 is 0 Å². The third-order valence-electron chi connectivity index (χ3n) is 2.97. The van der Waals surface area contributed by atoms with Crippen LogP contribution >= 0.6 is 15.9 Å². The van der Waals surface area contributed by atoms with E-state index in [1.165, 1.54) is 25.7 Å². The molecule has 1 N–H and O–H groups in total. The zero-order chi connectivity index (χ0) is 11.4. The fourth-order valence-electron chi connectivity index (χ4n) is 2.22. The van der Waals surface area contributed by atoms with Crippen molar-refractivity contribution >= 4 is 21.9 Å². The van der Waals surface area contributed by atoms with Gasteiger partial charge in [0.1, 0.15) is 0 Å². The van der Waals surface area contributed by atoms with E-state index in [1.54, 1.807) is 12.4 Å². The molecule has 0 saturated heterocycles. The van der Waals surface area contributed by atoms with Gasteiger partial charge in [-0.2, -0.15) is 0 Å². The van der Waals surface area contributed by atoms with Crippen LogP contribution in [0.15, 0.2) is 16.9 Å². The normalized spacial score (nSPS) is 16.6. The number of hydrogen-bond donors (Lipinski definition) is 1. The molecule has 0 aromatic carbocycles. The highest BCUT2D eigenvalue weighted by atomic mass is 79.9. The molecular formula is C11H16BrN3O. The minimum Gasteiger partial charge on any atom is -0.395 e. The molecule has 88 valence electrons. The molecule has 1 aliphatic rings. The Kier molecular flexibility index (Phi) is 4.12. The minimum atomic E-state index is 0.149. The first-order valence-electron chi connectivity index (χ1n) is 5.66. The quantitative estimate of drug-likeness (QED) is 0.919. The highest BCUT2D eigenvalue weighted by molar-refractivity contribution is 9.10. The first-order chi connectivity index (χ1) is 7.81. The zero-order valence-corrected chi connectivity index (χ0v) is 10.7. The molecule has 0 atom stereocenters. The lowest BCUT2D eigenvalue weighted by Crippen LogP contribution is -2.36. The Morgan fingerprint density at radius 2 is 1.94 bits per heavy atom. The maximum atomic E-state index is 9.11. The van der Waals surface area contributed by atoms with Gasteiger partial charge in [-0.3, -0.25) is 0 Å². The van der Waals surface area contributed by atoms with Crippen LogP contribution in [0.25, 0.3) is 0 Å². The van der Waals surface area contributed by atoms with Crippen molar-refractivity contribution in [1.29, 1.82) is 0 Å². The van der Waals surface area contributed by atoms with Gasteiger partial charge in [0.05, 0.1) is 11.1 Å². The van der Waals surface area contributed by atoms with Gasteiger partial charge in [-0.25, -0.2) is 9.97 Å². The Morgan fingerprint density at radius 1 is 1.31 bits per heavy atom. The molecule has 0 spiro atoms. The van der Waals surface area contributed by atoms with Crippen molar-refractivity contribution in [3.63, 3.8) is 0 Å². The number of halogens is 1. The Morgan fingerprint density at radius 3 is 2.50 bits per heavy atom. The molecule has 5 heteroatoms. The Balaban J connectivity index is 2.14. The molecule has 0 bridgehead atoms. The van der Waals surface area contributed by atoms with Crippen LogP contribution < -0.4 is 4.90 Å². The summed E-state index contributed by atoms with van der Waals surface area (Å²) in [5.41, 5.74) is 0. The summed E-state index contributed by atoms with van der Waals surface area (Å²) in [6, 6.07) is 0.494. The van der Waals surface area contributed by atoms with Crippen molar-refractivity contribution in [2.75, 3.05) is 18.1 Å². The number of aliphatic hydroxyl groups excluding tert-OH is 1. The number of nitrogens with zero attached hydrogens (tertiary/aromatic N) is 3. The summed E-state index contributed by atoms with van der Waals surface area (Å²) < 4.78 is 0.881. The predicted molar refractivity (Wildman–Crippen MR) is 66.4 cm³/mol. The molecule has 1 fully saturated rings. The molecular weight excluding hydrogens is 270 g/mol. The van der Waals surface area contributed by atoms with Gasteiger partial charge in [-0.05, 0) is 28.8 Å². The van der Waals surface area contributed by atoms with E-state index in [0.29, 0.717) is 12.6 Å². The molecule has 0 aliphatic heterocycles. The summed E-state index contributed by atoms with van der Waals surface area (Å²) in [5.74, 6) is 0.726. The molecule has 1 saturated carbocycles. The fraction of sp³-hybridized carbons (Fsp3) is 0.636. The number of aliphatic hydroxyl groups is 1. The smallest absolute Gasteiger partial charge is 0.225 e. The van der Waals surface area contributed by atoms with E-state index in [0.717, 1.165) is 10.4 Å². The molecule has 0 unspecified atom stereocenters. The number of rotatable bonds is 4. The summed E-state index contributed by atoms with van der Waals surface area (Å²) in [5, 5.41) is 9.11. The van der Waals surface area contributed by atoms with Gasteiger partial charge in [-0.15, -0.1) is 0 Å². The average Bonchev–Trinajstić information content (AvgIpc) is 2.81. The van der Waals surface area contributed by atoms with Gasteiger partial charge in [0.15, 0.2) is 0 Å². The average molecular weight is 286 g/mol. The van der Waals surface area contributed by atoms with E-state index >= 15 is 0 Å². The SMILES string of the molecule is OCCN(c1ncc(Br)cn1)C1CCCC1. The molecule has 1 aromatic heterocycles. The van der Waals surface area contributed by atoms with Crippen LogP contribution in [0, 0.1) is 0 Å². The highest BCUT2D eigenvalue weighted by Gasteiger charge is 2.23. The summed E-state index contributed by atoms with van der Waals surface area (Å²) >= 11 is 3.32. The molecule has 0 amide bonds. The molecule has 16 heavy (non-hydrogen) atoms. The van der Waals surface area contributed by atoms with Crippen molar-refractivity contribution in [2.45, 2.75) is 31.7 Å². The summed E-state index contributed by atoms with van der Waals surface area (Å²) in [6.45, 7) is 0.766. The van der Waals surface area contributed by atoms with Gasteiger partial charge < -0.3 is 10.0 Å². The predicted octanol–water partition coefficient (Wildman–Crippen LogP) is 1.98. The third kappa shape index (κ3) is 2.71. The van der Waals surface area contributed by atoms with Crippen LogP contribution in [0.2, 0.25) is 0 Å². The Hall–Kier alpha value is -0.680. The monoisotopic (exact) mass is 285 g/mol. The van der Waals surface area contributed by atoms with Crippen molar-refractivity contribution in [2.24, 2.45) is 0 Å². The second-order valence-electron chi connectivity index (χ2n) is 4.06. The summed E-state index contributed by atoms with van der Waals surface area (Å²) in [7, 11) is 0. The Labute approximate surface area is 104 Å². The van der Waals surface area contributed by atoms with Gasteiger partial charge in [0.2, 0.25) is 5.95 Å². The third-order valence-corrected chi connectivity index (χ3v) is 3.38. The van der Waals surface area contributed by atoms with Crippen LogP contribution in [-0.4, -0.2) is 34.3 Å². The maximum Gasteiger partial charge on any atom is 0.225 e. The van der Waals surface area contributed by atoms with E-state index in [9.17, 15) is 0 Å². The first-order valence-corrected chi connectivity index (χ1v) is 6.45. The van der Waals surface area contributed by atoms with E-state index in [-0.39, 0.29) is 6.61 Å². The van der Waals surface area contributed by atoms with Crippen LogP contribution in [-0.2, 0) is 0 Å². The maximum absolute atomic E-state index is 9.11. The molecule has 1 aliphatic carbocycles. The number of aromatic nitrogens is 2. The Bertz CT molecular complexity index is 325. The van der Waals surface area contributed by atoms with Crippen LogP contribution in [0.3, 0.4) is 0 Å². The molecule has 1 heterocycles. The molecule has 0 radical (unpaired) electrons. The zero-order valence-electron chi connectivity index (χ0n) is 9.14. The molecule has 1 aromatic rings. The first kappa shape index (κ1) is 11.8. The number of anilines is 1. The van der Waals surface area contributed by atoms with Crippen LogP contribution in [0.1, 0.15) is 25.7 Å². The van der Waals surface area contributed by atoms with Crippen LogP contribution in [0.5, 0.6) is 0 Å². The topological polar surface area (TPSA) is 49.2 Å². The second kappa shape index (κ2) is 5.59. The lowest BCUT2D eigenvalue weighted by Gasteiger charge is -2.28. The second-order valence-corrected chi connectivity index (χ2v) is 4.97. The van der Waals surface area contributed by atoms with Crippen molar-refractivity contribution in [3.8, 4) is 0 Å². The lowest BCUT2D eigenvalue weighted by atomic mass is 10.2. The minimum absolute atomic E-state index is 0.149. The summed E-state index contributed by atoms with van der Waals surface area (Å²) in [4.78, 5) is 10.7. The molecule has 4 nitrogen and oxygen atoms in total. The summed E-state index contributed by atoms with van der Waals surface area (Å²) in [6.07, 6.45) is 8.40. The molecule has 2 rings (SSSR count). The van der Waals surface area contributed by atoms with Gasteiger partial charge in [-0.1, -0.05) is 12.8 Å². The van der Waals surface area contributed by atoms with Crippen molar-refractivity contribution in [1.82, 2.24) is 9.97 Å². The van der Waals surface area contributed by atoms with Crippen molar-refractivity contribution < 1.29 is 5.11 Å². The fourth-order valence-corrected chi connectivity index (χ4v) is 2.43. The van der Waals surface area contributed by atoms with E-state index in [2.05, 4.69) is 30.8 Å². The largest absolute Gasteiger partial charge is 0.395 e. The van der Waals surface area contributed by atoms with Gasteiger partial charge in [0.25, 0.3) is 0 Å². The lowest BCUT2D eigenvalue weighted by molar-refractivity contribution is 0.296. The van der Waals surface area contributed by atoms with Gasteiger partial charge >= 0.3 is 0 Å². The van der Waals surface area contributed by atoms with E-state index in [4.69, 9.17) is 5.11 Å². The standard InChI is InChI=1S/C11H16BrN3O/c12-9-7-13-11(14-8-9)15(5-6-16)10-3-1-2-4-10/h7-8,10,16H,1-6H2. The van der Waals surface area contributed by atoms with Gasteiger partial charge in [0, 0.05) is 25.0 Å². The highest BCUT2D eigenvalue weighted by Crippen LogP contribution is 2.26.